The van der Waals surface area contributed by atoms with Gasteiger partial charge in [-0.25, -0.2) is 0 Å². The Hall–Kier alpha value is -1.02. The molecule has 1 aliphatic carbocycles. The van der Waals surface area contributed by atoms with E-state index in [1.807, 2.05) is 0 Å². The van der Waals surface area contributed by atoms with Crippen LogP contribution in [-0.2, 0) is 5.41 Å². The predicted molar refractivity (Wildman–Crippen MR) is 78.8 cm³/mol. The molecule has 1 aromatic carbocycles. The van der Waals surface area contributed by atoms with Crippen molar-refractivity contribution in [3.63, 3.8) is 0 Å². The van der Waals surface area contributed by atoms with Crippen LogP contribution < -0.4 is 4.74 Å². The lowest BCUT2D eigenvalue weighted by atomic mass is 9.86. The third-order valence-corrected chi connectivity index (χ3v) is 3.99. The Morgan fingerprint density at radius 2 is 1.84 bits per heavy atom. The zero-order valence-electron chi connectivity index (χ0n) is 12.6. The van der Waals surface area contributed by atoms with E-state index in [1.165, 1.54) is 5.56 Å². The Bertz CT molecular complexity index is 431. The fraction of sp³-hybridized carbons (Fsp3) is 0.647. The second kappa shape index (κ2) is 5.54. The van der Waals surface area contributed by atoms with Gasteiger partial charge in [0.05, 0.1) is 6.10 Å². The molecule has 1 fully saturated rings. The first-order chi connectivity index (χ1) is 8.88. The van der Waals surface area contributed by atoms with Crippen LogP contribution in [0.1, 0.15) is 57.6 Å². The fourth-order valence-electron chi connectivity index (χ4n) is 2.63. The van der Waals surface area contributed by atoms with Crippen LogP contribution in [0.5, 0.6) is 5.75 Å². The average molecular weight is 262 g/mol. The van der Waals surface area contributed by atoms with Crippen LogP contribution >= 0.6 is 0 Å². The topological polar surface area (TPSA) is 29.5 Å². The predicted octanol–water partition coefficient (Wildman–Crippen LogP) is 3.97. The number of aryl methyl sites for hydroxylation is 1. The fourth-order valence-corrected chi connectivity index (χ4v) is 2.63. The molecule has 2 nitrogen and oxygen atoms in total. The minimum absolute atomic E-state index is 0.0343. The summed E-state index contributed by atoms with van der Waals surface area (Å²) in [6, 6.07) is 6.39. The summed E-state index contributed by atoms with van der Waals surface area (Å²) >= 11 is 0. The number of aliphatic hydroxyl groups is 1. The number of ether oxygens (including phenoxy) is 1. The van der Waals surface area contributed by atoms with Gasteiger partial charge in [0.25, 0.3) is 0 Å². The highest BCUT2D eigenvalue weighted by Gasteiger charge is 2.25. The Morgan fingerprint density at radius 3 is 2.42 bits per heavy atom. The molecule has 2 unspecified atom stereocenters. The molecule has 0 saturated heterocycles. The molecule has 0 spiro atoms. The molecule has 1 N–H and O–H groups in total. The van der Waals surface area contributed by atoms with Crippen LogP contribution in [0.4, 0.5) is 0 Å². The van der Waals surface area contributed by atoms with E-state index in [9.17, 15) is 5.11 Å². The van der Waals surface area contributed by atoms with Gasteiger partial charge in [0.2, 0.25) is 0 Å². The van der Waals surface area contributed by atoms with E-state index in [1.54, 1.807) is 0 Å². The van der Waals surface area contributed by atoms with E-state index < -0.39 is 0 Å². The molecule has 0 aliphatic heterocycles. The summed E-state index contributed by atoms with van der Waals surface area (Å²) in [5.41, 5.74) is 2.64. The number of rotatable bonds is 2. The van der Waals surface area contributed by atoms with Crippen molar-refractivity contribution < 1.29 is 9.84 Å². The smallest absolute Gasteiger partial charge is 0.124 e. The summed E-state index contributed by atoms with van der Waals surface area (Å²) < 4.78 is 6.02. The maximum atomic E-state index is 9.98. The van der Waals surface area contributed by atoms with Crippen LogP contribution in [0, 0.1) is 6.92 Å². The largest absolute Gasteiger partial charge is 0.487 e. The van der Waals surface area contributed by atoms with Gasteiger partial charge < -0.3 is 9.84 Å². The van der Waals surface area contributed by atoms with E-state index in [0.717, 1.165) is 37.0 Å². The van der Waals surface area contributed by atoms with E-state index >= 15 is 0 Å². The van der Waals surface area contributed by atoms with Gasteiger partial charge in [0.1, 0.15) is 11.9 Å². The zero-order valence-corrected chi connectivity index (χ0v) is 12.6. The molecule has 106 valence electrons. The number of benzene rings is 1. The number of hydrogen-bond acceptors (Lipinski definition) is 2. The highest BCUT2D eigenvalue weighted by molar-refractivity contribution is 5.38. The minimum Gasteiger partial charge on any atom is -0.487 e. The first-order valence-corrected chi connectivity index (χ1v) is 7.34. The third kappa shape index (κ3) is 3.50. The molecule has 1 saturated carbocycles. The summed E-state index contributed by atoms with van der Waals surface area (Å²) in [5, 5.41) is 9.98. The first kappa shape index (κ1) is 14.4. The molecule has 0 heterocycles. The summed E-state index contributed by atoms with van der Waals surface area (Å²) in [5.74, 6) is 0.916. The molecular formula is C17H26O2. The lowest BCUT2D eigenvalue weighted by Crippen LogP contribution is -2.34. The molecule has 0 radical (unpaired) electrons. The second-order valence-electron chi connectivity index (χ2n) is 6.74. The normalized spacial score (nSPS) is 24.3. The van der Waals surface area contributed by atoms with Crippen molar-refractivity contribution in [1.82, 2.24) is 0 Å². The highest BCUT2D eigenvalue weighted by atomic mass is 16.5. The van der Waals surface area contributed by atoms with Crippen molar-refractivity contribution in [3.8, 4) is 5.75 Å². The van der Waals surface area contributed by atoms with Crippen molar-refractivity contribution in [2.45, 2.75) is 71.0 Å². The van der Waals surface area contributed by atoms with Crippen LogP contribution in [-0.4, -0.2) is 17.3 Å². The molecule has 0 aromatic heterocycles. The van der Waals surface area contributed by atoms with Crippen molar-refractivity contribution in [1.29, 1.82) is 0 Å². The van der Waals surface area contributed by atoms with Crippen LogP contribution in [0.25, 0.3) is 0 Å². The Balaban J connectivity index is 2.13. The molecule has 2 heteroatoms. The molecule has 0 bridgehead atoms. The summed E-state index contributed by atoms with van der Waals surface area (Å²) in [4.78, 5) is 0. The number of hydrogen-bond donors (Lipinski definition) is 1. The second-order valence-corrected chi connectivity index (χ2v) is 6.74. The van der Waals surface area contributed by atoms with Gasteiger partial charge in [-0.1, -0.05) is 39.3 Å². The molecule has 1 aromatic rings. The van der Waals surface area contributed by atoms with E-state index in [-0.39, 0.29) is 17.6 Å². The van der Waals surface area contributed by atoms with Crippen molar-refractivity contribution in [2.75, 3.05) is 0 Å². The van der Waals surface area contributed by atoms with Crippen LogP contribution in [0.3, 0.4) is 0 Å². The molecular weight excluding hydrogens is 236 g/mol. The van der Waals surface area contributed by atoms with Gasteiger partial charge in [-0.3, -0.25) is 0 Å². The van der Waals surface area contributed by atoms with Gasteiger partial charge in [-0.15, -0.1) is 0 Å². The molecule has 19 heavy (non-hydrogen) atoms. The van der Waals surface area contributed by atoms with Crippen molar-refractivity contribution in [3.05, 3.63) is 29.3 Å². The highest BCUT2D eigenvalue weighted by Crippen LogP contribution is 2.30. The van der Waals surface area contributed by atoms with Crippen LogP contribution in [0.2, 0.25) is 0 Å². The van der Waals surface area contributed by atoms with Gasteiger partial charge in [0, 0.05) is 0 Å². The zero-order chi connectivity index (χ0) is 14.0. The van der Waals surface area contributed by atoms with Crippen molar-refractivity contribution in [2.24, 2.45) is 0 Å². The molecule has 1 aliphatic rings. The Labute approximate surface area is 116 Å². The first-order valence-electron chi connectivity index (χ1n) is 7.34. The van der Waals surface area contributed by atoms with Crippen molar-refractivity contribution >= 4 is 0 Å². The van der Waals surface area contributed by atoms with Gasteiger partial charge >= 0.3 is 0 Å². The molecule has 2 rings (SSSR count). The van der Waals surface area contributed by atoms with E-state index in [2.05, 4.69) is 45.9 Å². The van der Waals surface area contributed by atoms with Gasteiger partial charge in [-0.2, -0.15) is 0 Å². The Kier molecular flexibility index (Phi) is 4.19. The number of aliphatic hydroxyl groups excluding tert-OH is 1. The maximum absolute atomic E-state index is 9.98. The summed E-state index contributed by atoms with van der Waals surface area (Å²) in [7, 11) is 0. The molecule has 2 atom stereocenters. The SMILES string of the molecule is Cc1cc(C(C)(C)C)ccc1OC1CCCCC1O. The lowest BCUT2D eigenvalue weighted by molar-refractivity contribution is 0.00653. The lowest BCUT2D eigenvalue weighted by Gasteiger charge is -2.29. The maximum Gasteiger partial charge on any atom is 0.124 e. The Morgan fingerprint density at radius 1 is 1.16 bits per heavy atom. The summed E-state index contributed by atoms with van der Waals surface area (Å²) in [6.45, 7) is 8.73. The average Bonchev–Trinajstić information content (AvgIpc) is 2.33. The summed E-state index contributed by atoms with van der Waals surface area (Å²) in [6.07, 6.45) is 3.75. The van der Waals surface area contributed by atoms with Gasteiger partial charge in [0.15, 0.2) is 0 Å². The minimum atomic E-state index is -0.310. The monoisotopic (exact) mass is 262 g/mol. The van der Waals surface area contributed by atoms with E-state index in [4.69, 9.17) is 4.74 Å². The quantitative estimate of drug-likeness (QED) is 0.873. The van der Waals surface area contributed by atoms with Crippen LogP contribution in [0.15, 0.2) is 18.2 Å². The third-order valence-electron chi connectivity index (χ3n) is 3.99. The van der Waals surface area contributed by atoms with Gasteiger partial charge in [-0.05, 0) is 48.8 Å². The van der Waals surface area contributed by atoms with E-state index in [0.29, 0.717) is 0 Å². The standard InChI is InChI=1S/C17H26O2/c1-12-11-13(17(2,3)4)9-10-15(12)19-16-8-6-5-7-14(16)18/h9-11,14,16,18H,5-8H2,1-4H3. The molecule has 0 amide bonds.